The van der Waals surface area contributed by atoms with Crippen LogP contribution >= 0.6 is 0 Å². The SMILES string of the molecule is NC(CCN(Cc1ccco1)Cc1ccco1)C(=O)O. The van der Waals surface area contributed by atoms with Gasteiger partial charge in [0, 0.05) is 6.54 Å². The van der Waals surface area contributed by atoms with E-state index in [4.69, 9.17) is 19.7 Å². The van der Waals surface area contributed by atoms with Gasteiger partial charge in [0.25, 0.3) is 0 Å². The lowest BCUT2D eigenvalue weighted by Gasteiger charge is -2.21. The van der Waals surface area contributed by atoms with Crippen LogP contribution in [0.2, 0.25) is 0 Å². The molecular formula is C14H18N2O4. The highest BCUT2D eigenvalue weighted by molar-refractivity contribution is 5.72. The Hall–Kier alpha value is -2.05. The predicted octanol–water partition coefficient (Wildman–Crippen LogP) is 1.68. The van der Waals surface area contributed by atoms with Crippen LogP contribution in [0.25, 0.3) is 0 Å². The van der Waals surface area contributed by atoms with Gasteiger partial charge in [-0.3, -0.25) is 9.69 Å². The molecule has 0 saturated heterocycles. The molecule has 0 saturated carbocycles. The van der Waals surface area contributed by atoms with Gasteiger partial charge in [0.05, 0.1) is 25.6 Å². The molecular weight excluding hydrogens is 260 g/mol. The minimum absolute atomic E-state index is 0.372. The monoisotopic (exact) mass is 278 g/mol. The lowest BCUT2D eigenvalue weighted by Crippen LogP contribution is -2.35. The summed E-state index contributed by atoms with van der Waals surface area (Å²) in [6.07, 6.45) is 3.60. The van der Waals surface area contributed by atoms with Crippen molar-refractivity contribution in [1.29, 1.82) is 0 Å². The highest BCUT2D eigenvalue weighted by Crippen LogP contribution is 2.12. The molecule has 2 aromatic heterocycles. The number of aliphatic carboxylic acids is 1. The van der Waals surface area contributed by atoms with Gasteiger partial charge in [-0.25, -0.2) is 0 Å². The zero-order valence-electron chi connectivity index (χ0n) is 11.1. The fraction of sp³-hybridized carbons (Fsp3) is 0.357. The third-order valence-corrected chi connectivity index (χ3v) is 2.99. The van der Waals surface area contributed by atoms with Gasteiger partial charge in [-0.2, -0.15) is 0 Å². The average Bonchev–Trinajstić information content (AvgIpc) is 3.08. The second-order valence-corrected chi connectivity index (χ2v) is 4.60. The molecule has 0 fully saturated rings. The van der Waals surface area contributed by atoms with Crippen molar-refractivity contribution in [1.82, 2.24) is 4.90 Å². The molecule has 0 amide bonds. The minimum atomic E-state index is -0.985. The number of hydrogen-bond donors (Lipinski definition) is 2. The van der Waals surface area contributed by atoms with E-state index in [2.05, 4.69) is 0 Å². The van der Waals surface area contributed by atoms with Gasteiger partial charge < -0.3 is 19.7 Å². The Kier molecular flexibility index (Phi) is 4.97. The third kappa shape index (κ3) is 4.25. The van der Waals surface area contributed by atoms with Crippen molar-refractivity contribution in [2.45, 2.75) is 25.6 Å². The summed E-state index contributed by atoms with van der Waals surface area (Å²) in [5.41, 5.74) is 5.54. The second-order valence-electron chi connectivity index (χ2n) is 4.60. The topological polar surface area (TPSA) is 92.8 Å². The molecule has 6 nitrogen and oxygen atoms in total. The molecule has 3 N–H and O–H groups in total. The van der Waals surface area contributed by atoms with Gasteiger partial charge in [0.2, 0.25) is 0 Å². The first kappa shape index (κ1) is 14.4. The number of rotatable bonds is 8. The summed E-state index contributed by atoms with van der Waals surface area (Å²) < 4.78 is 10.6. The molecule has 0 radical (unpaired) electrons. The zero-order valence-corrected chi connectivity index (χ0v) is 11.1. The number of carboxylic acids is 1. The van der Waals surface area contributed by atoms with Gasteiger partial charge >= 0.3 is 5.97 Å². The van der Waals surface area contributed by atoms with Crippen LogP contribution in [0.15, 0.2) is 45.6 Å². The zero-order chi connectivity index (χ0) is 14.4. The Balaban J connectivity index is 1.94. The van der Waals surface area contributed by atoms with E-state index in [1.54, 1.807) is 12.5 Å². The molecule has 0 bridgehead atoms. The van der Waals surface area contributed by atoms with Crippen LogP contribution in [-0.2, 0) is 17.9 Å². The maximum atomic E-state index is 10.8. The highest BCUT2D eigenvalue weighted by Gasteiger charge is 2.16. The number of hydrogen-bond acceptors (Lipinski definition) is 5. The molecule has 0 spiro atoms. The standard InChI is InChI=1S/C14H18N2O4/c15-13(14(17)18)5-6-16(9-11-3-1-7-19-11)10-12-4-2-8-20-12/h1-4,7-8,13H,5-6,9-10,15H2,(H,17,18). The van der Waals surface area contributed by atoms with Crippen molar-refractivity contribution in [3.05, 3.63) is 48.3 Å². The van der Waals surface area contributed by atoms with Crippen LogP contribution in [0.1, 0.15) is 17.9 Å². The fourth-order valence-electron chi connectivity index (χ4n) is 1.91. The van der Waals surface area contributed by atoms with Crippen LogP contribution in [0.3, 0.4) is 0 Å². The van der Waals surface area contributed by atoms with E-state index in [0.29, 0.717) is 26.1 Å². The van der Waals surface area contributed by atoms with Crippen LogP contribution < -0.4 is 5.73 Å². The maximum Gasteiger partial charge on any atom is 0.320 e. The van der Waals surface area contributed by atoms with Crippen LogP contribution in [0.5, 0.6) is 0 Å². The van der Waals surface area contributed by atoms with E-state index in [-0.39, 0.29) is 0 Å². The number of nitrogens with zero attached hydrogens (tertiary/aromatic N) is 1. The van der Waals surface area contributed by atoms with Gasteiger partial charge in [-0.1, -0.05) is 0 Å². The molecule has 20 heavy (non-hydrogen) atoms. The quantitative estimate of drug-likeness (QED) is 0.763. The molecule has 1 unspecified atom stereocenters. The summed E-state index contributed by atoms with van der Waals surface area (Å²) in [6.45, 7) is 1.72. The lowest BCUT2D eigenvalue weighted by atomic mass is 10.2. The molecule has 0 aromatic carbocycles. The molecule has 0 aliphatic carbocycles. The number of furan rings is 2. The normalized spacial score (nSPS) is 12.7. The van der Waals surface area contributed by atoms with Gasteiger partial charge in [0.15, 0.2) is 0 Å². The molecule has 0 aliphatic heterocycles. The minimum Gasteiger partial charge on any atom is -0.480 e. The summed E-state index contributed by atoms with van der Waals surface area (Å²) in [7, 11) is 0. The Bertz CT molecular complexity index is 471. The Labute approximate surface area is 116 Å². The molecule has 1 atom stereocenters. The molecule has 2 rings (SSSR count). The summed E-state index contributed by atoms with van der Waals surface area (Å²) >= 11 is 0. The fourth-order valence-corrected chi connectivity index (χ4v) is 1.91. The third-order valence-electron chi connectivity index (χ3n) is 2.99. The maximum absolute atomic E-state index is 10.8. The van der Waals surface area contributed by atoms with Gasteiger partial charge in [-0.05, 0) is 30.7 Å². The van der Waals surface area contributed by atoms with Crippen molar-refractivity contribution in [3.63, 3.8) is 0 Å². The van der Waals surface area contributed by atoms with E-state index in [0.717, 1.165) is 11.5 Å². The number of nitrogens with two attached hydrogens (primary N) is 1. The van der Waals surface area contributed by atoms with E-state index >= 15 is 0 Å². The van der Waals surface area contributed by atoms with Crippen molar-refractivity contribution >= 4 is 5.97 Å². The molecule has 108 valence electrons. The number of carboxylic acid groups (broad SMARTS) is 1. The van der Waals surface area contributed by atoms with Crippen LogP contribution in [-0.4, -0.2) is 28.6 Å². The first-order chi connectivity index (χ1) is 9.65. The number of carbonyl (C=O) groups is 1. The molecule has 6 heteroatoms. The van der Waals surface area contributed by atoms with Crippen molar-refractivity contribution < 1.29 is 18.7 Å². The lowest BCUT2D eigenvalue weighted by molar-refractivity contribution is -0.138. The largest absolute Gasteiger partial charge is 0.480 e. The first-order valence-electron chi connectivity index (χ1n) is 6.40. The van der Waals surface area contributed by atoms with Crippen LogP contribution in [0.4, 0.5) is 0 Å². The molecule has 2 heterocycles. The second kappa shape index (κ2) is 6.93. The Morgan fingerprint density at radius 1 is 1.20 bits per heavy atom. The predicted molar refractivity (Wildman–Crippen MR) is 71.8 cm³/mol. The highest BCUT2D eigenvalue weighted by atomic mass is 16.4. The van der Waals surface area contributed by atoms with Gasteiger partial charge in [0.1, 0.15) is 17.6 Å². The molecule has 2 aromatic rings. The summed E-state index contributed by atoms with van der Waals surface area (Å²) in [4.78, 5) is 12.8. The molecule has 0 aliphatic rings. The summed E-state index contributed by atoms with van der Waals surface area (Å²) in [6, 6.07) is 6.55. The van der Waals surface area contributed by atoms with Crippen LogP contribution in [0, 0.1) is 0 Å². The Morgan fingerprint density at radius 2 is 1.75 bits per heavy atom. The van der Waals surface area contributed by atoms with E-state index in [9.17, 15) is 4.79 Å². The van der Waals surface area contributed by atoms with Gasteiger partial charge in [-0.15, -0.1) is 0 Å². The van der Waals surface area contributed by atoms with E-state index < -0.39 is 12.0 Å². The average molecular weight is 278 g/mol. The van der Waals surface area contributed by atoms with E-state index in [1.807, 2.05) is 29.2 Å². The Morgan fingerprint density at radius 3 is 2.15 bits per heavy atom. The first-order valence-corrected chi connectivity index (χ1v) is 6.40. The van der Waals surface area contributed by atoms with Crippen molar-refractivity contribution in [2.75, 3.05) is 6.54 Å². The van der Waals surface area contributed by atoms with E-state index in [1.165, 1.54) is 0 Å². The van der Waals surface area contributed by atoms with Crippen molar-refractivity contribution in [3.8, 4) is 0 Å². The summed E-state index contributed by atoms with van der Waals surface area (Å²) in [5, 5.41) is 8.83. The summed E-state index contributed by atoms with van der Waals surface area (Å²) in [5.74, 6) is 0.654. The smallest absolute Gasteiger partial charge is 0.320 e. The van der Waals surface area contributed by atoms with Crippen molar-refractivity contribution in [2.24, 2.45) is 5.73 Å².